The number of allylic oxidation sites excluding steroid dienone is 1. The number of nitrogens with zero attached hydrogens (tertiary/aromatic N) is 4. The van der Waals surface area contributed by atoms with E-state index in [2.05, 4.69) is 0 Å². The summed E-state index contributed by atoms with van der Waals surface area (Å²) in [5.74, 6) is 0. The lowest BCUT2D eigenvalue weighted by molar-refractivity contribution is -0.137. The lowest BCUT2D eigenvalue weighted by Gasteiger charge is -2.41. The molecule has 0 saturated carbocycles. The first-order chi connectivity index (χ1) is 19.5. The molecule has 216 valence electrons. The summed E-state index contributed by atoms with van der Waals surface area (Å²) >= 11 is 0. The van der Waals surface area contributed by atoms with Gasteiger partial charge in [0.1, 0.15) is 6.04 Å². The molecule has 0 radical (unpaired) electrons. The number of benzene rings is 3. The molecule has 1 heterocycles. The number of urea groups is 1. The van der Waals surface area contributed by atoms with Gasteiger partial charge in [0.25, 0.3) is 10.0 Å². The number of halogens is 3. The molecule has 2 amide bonds. The molecule has 42 heavy (non-hydrogen) atoms. The lowest BCUT2D eigenvalue weighted by atomic mass is 9.94. The number of nitriles is 2. The Morgan fingerprint density at radius 3 is 2.12 bits per heavy atom. The highest BCUT2D eigenvalue weighted by atomic mass is 32.2. The van der Waals surface area contributed by atoms with Crippen molar-refractivity contribution >= 4 is 31.6 Å². The molecule has 14 heteroatoms. The molecule has 3 aromatic carbocycles. The van der Waals surface area contributed by atoms with Crippen LogP contribution in [0, 0.1) is 29.6 Å². The van der Waals surface area contributed by atoms with Crippen molar-refractivity contribution in [3.8, 4) is 12.1 Å². The van der Waals surface area contributed by atoms with Gasteiger partial charge in [-0.3, -0.25) is 4.90 Å². The number of sulfonamides is 1. The summed E-state index contributed by atoms with van der Waals surface area (Å²) in [7, 11) is -9.04. The monoisotopic (exact) mass is 614 g/mol. The van der Waals surface area contributed by atoms with Crippen molar-refractivity contribution in [2.24, 2.45) is 0 Å². The fourth-order valence-corrected chi connectivity index (χ4v) is 7.16. The molecule has 4 rings (SSSR count). The summed E-state index contributed by atoms with van der Waals surface area (Å²) in [5, 5.41) is 19.6. The normalized spacial score (nSPS) is 16.3. The van der Waals surface area contributed by atoms with E-state index in [1.54, 1.807) is 19.1 Å². The first-order valence-corrected chi connectivity index (χ1v) is 15.3. The van der Waals surface area contributed by atoms with E-state index < -0.39 is 54.1 Å². The van der Waals surface area contributed by atoms with Crippen LogP contribution in [0.5, 0.6) is 0 Å². The van der Waals surface area contributed by atoms with Crippen LogP contribution in [0.4, 0.5) is 23.7 Å². The molecule has 3 aromatic rings. The van der Waals surface area contributed by atoms with E-state index in [1.165, 1.54) is 31.2 Å². The fourth-order valence-electron chi connectivity index (χ4n) is 4.62. The van der Waals surface area contributed by atoms with Gasteiger partial charge in [0.15, 0.2) is 9.84 Å². The maximum absolute atomic E-state index is 14.2. The Hall–Kier alpha value is -4.66. The average Bonchev–Trinajstić information content (AvgIpc) is 2.91. The summed E-state index contributed by atoms with van der Waals surface area (Å²) in [5.41, 5.74) is -2.01. The molecule has 0 fully saturated rings. The van der Waals surface area contributed by atoms with Crippen LogP contribution in [-0.2, 0) is 26.0 Å². The third kappa shape index (κ3) is 5.34. The molecule has 0 aromatic heterocycles. The Balaban J connectivity index is 2.12. The van der Waals surface area contributed by atoms with Crippen LogP contribution in [0.2, 0.25) is 0 Å². The minimum atomic E-state index is -4.88. The maximum atomic E-state index is 14.2. The van der Waals surface area contributed by atoms with Gasteiger partial charge in [0, 0.05) is 12.0 Å². The minimum absolute atomic E-state index is 0.0841. The summed E-state index contributed by atoms with van der Waals surface area (Å²) in [6.07, 6.45) is -3.98. The first-order valence-electron chi connectivity index (χ1n) is 12.0. The Bertz CT molecular complexity index is 1960. The van der Waals surface area contributed by atoms with Crippen molar-refractivity contribution in [1.29, 1.82) is 10.5 Å². The maximum Gasteiger partial charge on any atom is 0.416 e. The molecule has 0 N–H and O–H groups in total. The third-order valence-corrected chi connectivity index (χ3v) is 9.44. The summed E-state index contributed by atoms with van der Waals surface area (Å²) in [6.45, 7) is 2.83. The van der Waals surface area contributed by atoms with Crippen molar-refractivity contribution in [2.75, 3.05) is 11.2 Å². The number of hydrogen-bond donors (Lipinski definition) is 0. The van der Waals surface area contributed by atoms with Gasteiger partial charge in [-0.2, -0.15) is 23.7 Å². The number of hydrogen-bond acceptors (Lipinski definition) is 7. The molecule has 1 atom stereocenters. The SMILES string of the molecule is CC1=C(C#N)[C@@H](c2ccc(C#N)cc2S(C)(=O)=O)N(S(=O)(=O)c2cccc(C)c2)C(=O)N1c1cccc(C(F)(F)F)c1. The zero-order chi connectivity index (χ0) is 31.2. The smallest absolute Gasteiger partial charge is 0.265 e. The molecule has 9 nitrogen and oxygen atoms in total. The van der Waals surface area contributed by atoms with Gasteiger partial charge < -0.3 is 0 Å². The average molecular weight is 615 g/mol. The predicted molar refractivity (Wildman–Crippen MR) is 145 cm³/mol. The van der Waals surface area contributed by atoms with Crippen molar-refractivity contribution in [3.05, 3.63) is 100 Å². The predicted octanol–water partition coefficient (Wildman–Crippen LogP) is 5.46. The van der Waals surface area contributed by atoms with E-state index in [9.17, 15) is 45.3 Å². The van der Waals surface area contributed by atoms with Gasteiger partial charge in [0.2, 0.25) is 0 Å². The second-order valence-electron chi connectivity index (χ2n) is 9.43. The van der Waals surface area contributed by atoms with E-state index in [4.69, 9.17) is 0 Å². The standard InChI is InChI=1S/C28H21F3N4O5S2/c1-17-6-4-9-22(12-17)42(39,40)35-26(23-11-10-19(15-32)13-25(23)41(3,37)38)24(16-33)18(2)34(27(35)36)21-8-5-7-20(14-21)28(29,30)31/h4-14,26H,1-3H3/t26-/m1/s1. The molecule has 0 unspecified atom stereocenters. The second kappa shape index (κ2) is 10.6. The third-order valence-electron chi connectivity index (χ3n) is 6.55. The van der Waals surface area contributed by atoms with E-state index >= 15 is 0 Å². The Morgan fingerprint density at radius 1 is 0.881 bits per heavy atom. The number of alkyl halides is 3. The molecule has 1 aliphatic rings. The van der Waals surface area contributed by atoms with Crippen molar-refractivity contribution < 1.29 is 34.8 Å². The van der Waals surface area contributed by atoms with Crippen LogP contribution in [0.3, 0.4) is 0 Å². The van der Waals surface area contributed by atoms with Crippen molar-refractivity contribution in [1.82, 2.24) is 4.31 Å². The van der Waals surface area contributed by atoms with Gasteiger partial charge in [-0.1, -0.05) is 24.3 Å². The van der Waals surface area contributed by atoms with Crippen LogP contribution in [0.1, 0.15) is 35.2 Å². The Labute approximate surface area is 240 Å². The fraction of sp³-hybridized carbons (Fsp3) is 0.179. The zero-order valence-corrected chi connectivity index (χ0v) is 23.8. The van der Waals surface area contributed by atoms with Crippen LogP contribution < -0.4 is 4.90 Å². The van der Waals surface area contributed by atoms with Gasteiger partial charge in [-0.15, -0.1) is 0 Å². The summed E-state index contributed by atoms with van der Waals surface area (Å²) in [6, 6.07) is 12.8. The number of carbonyl (C=O) groups excluding carboxylic acids is 1. The van der Waals surface area contributed by atoms with Crippen molar-refractivity contribution in [2.45, 2.75) is 35.9 Å². The largest absolute Gasteiger partial charge is 0.416 e. The van der Waals surface area contributed by atoms with E-state index in [1.807, 2.05) is 6.07 Å². The number of sulfone groups is 1. The summed E-state index contributed by atoms with van der Waals surface area (Å²) in [4.78, 5) is 14.0. The Kier molecular flexibility index (Phi) is 7.67. The highest BCUT2D eigenvalue weighted by molar-refractivity contribution is 7.91. The zero-order valence-electron chi connectivity index (χ0n) is 22.2. The van der Waals surface area contributed by atoms with E-state index in [-0.39, 0.29) is 27.4 Å². The molecule has 0 saturated heterocycles. The highest BCUT2D eigenvalue weighted by Gasteiger charge is 2.48. The van der Waals surface area contributed by atoms with Gasteiger partial charge in [-0.25, -0.2) is 25.9 Å². The van der Waals surface area contributed by atoms with Gasteiger partial charge >= 0.3 is 12.2 Å². The molecule has 0 spiro atoms. The molecule has 0 bridgehead atoms. The quantitative estimate of drug-likeness (QED) is 0.372. The highest BCUT2D eigenvalue weighted by Crippen LogP contribution is 2.44. The van der Waals surface area contributed by atoms with E-state index in [0.717, 1.165) is 36.6 Å². The number of amides is 2. The van der Waals surface area contributed by atoms with E-state index in [0.29, 0.717) is 20.8 Å². The van der Waals surface area contributed by atoms with Crippen LogP contribution >= 0.6 is 0 Å². The van der Waals surface area contributed by atoms with Crippen LogP contribution in [-0.4, -0.2) is 33.4 Å². The van der Waals surface area contributed by atoms with Gasteiger partial charge in [-0.05, 0) is 67.4 Å². The van der Waals surface area contributed by atoms with Crippen molar-refractivity contribution in [3.63, 3.8) is 0 Å². The number of aryl methyl sites for hydroxylation is 1. The number of carbonyl (C=O) groups is 1. The Morgan fingerprint density at radius 2 is 1.55 bits per heavy atom. The number of rotatable bonds is 5. The topological polar surface area (TPSA) is 139 Å². The van der Waals surface area contributed by atoms with Crippen LogP contribution in [0.15, 0.2) is 87.8 Å². The summed E-state index contributed by atoms with van der Waals surface area (Å²) < 4.78 is 94.9. The molecular formula is C28H21F3N4O5S2. The van der Waals surface area contributed by atoms with Gasteiger partial charge in [0.05, 0.1) is 44.3 Å². The first kappa shape index (κ1) is 30.3. The molecule has 1 aliphatic heterocycles. The second-order valence-corrected chi connectivity index (χ2v) is 13.2. The molecular weight excluding hydrogens is 593 g/mol. The lowest BCUT2D eigenvalue weighted by Crippen LogP contribution is -2.52. The minimum Gasteiger partial charge on any atom is -0.265 e. The van der Waals surface area contributed by atoms with Crippen LogP contribution in [0.25, 0.3) is 0 Å². The number of anilines is 1. The molecule has 0 aliphatic carbocycles.